The van der Waals surface area contributed by atoms with E-state index in [2.05, 4.69) is 37.8 Å². The fraction of sp³-hybridized carbons (Fsp3) is 0.667. The van der Waals surface area contributed by atoms with Gasteiger partial charge >= 0.3 is 0 Å². The Balaban J connectivity index is 1.90. The Morgan fingerprint density at radius 3 is 2.77 bits per heavy atom. The predicted molar refractivity (Wildman–Crippen MR) is 88.6 cm³/mol. The minimum atomic E-state index is -0.486. The van der Waals surface area contributed by atoms with Gasteiger partial charge in [-0.3, -0.25) is 4.90 Å². The Labute approximate surface area is 134 Å². The lowest BCUT2D eigenvalue weighted by atomic mass is 10.1. The molecule has 124 valence electrons. The first-order chi connectivity index (χ1) is 10.5. The monoisotopic (exact) mass is 307 g/mol. The highest BCUT2D eigenvalue weighted by Gasteiger charge is 2.20. The van der Waals surface area contributed by atoms with Crippen molar-refractivity contribution in [1.29, 1.82) is 0 Å². The van der Waals surface area contributed by atoms with E-state index >= 15 is 0 Å². The van der Waals surface area contributed by atoms with Gasteiger partial charge in [-0.15, -0.1) is 0 Å². The maximum Gasteiger partial charge on any atom is 0.125 e. The lowest BCUT2D eigenvalue weighted by Gasteiger charge is -2.28. The van der Waals surface area contributed by atoms with Crippen LogP contribution >= 0.6 is 0 Å². The smallest absolute Gasteiger partial charge is 0.125 e. The summed E-state index contributed by atoms with van der Waals surface area (Å²) in [5.74, 6) is 0.909. The van der Waals surface area contributed by atoms with E-state index in [4.69, 9.17) is 9.47 Å². The largest absolute Gasteiger partial charge is 0.490 e. The standard InChI is InChI=1S/C18H29NO3/c1-13-5-6-14(2)18(16(13)4)22-12-17(20)11-19-8-10-21-9-7-15(19)3/h5-6,15,17,20H,7-12H2,1-4H3. The Hall–Kier alpha value is -1.10. The summed E-state index contributed by atoms with van der Waals surface area (Å²) in [6, 6.07) is 4.62. The zero-order valence-electron chi connectivity index (χ0n) is 14.3. The molecule has 4 nitrogen and oxygen atoms in total. The summed E-state index contributed by atoms with van der Waals surface area (Å²) in [4.78, 5) is 2.29. The molecular formula is C18H29NO3. The van der Waals surface area contributed by atoms with Crippen molar-refractivity contribution in [1.82, 2.24) is 4.90 Å². The average molecular weight is 307 g/mol. The Morgan fingerprint density at radius 1 is 1.27 bits per heavy atom. The highest BCUT2D eigenvalue weighted by molar-refractivity contribution is 5.44. The van der Waals surface area contributed by atoms with Gasteiger partial charge in [0.15, 0.2) is 0 Å². The molecule has 2 rings (SSSR count). The molecule has 0 bridgehead atoms. The number of aliphatic hydroxyl groups excluding tert-OH is 1. The van der Waals surface area contributed by atoms with Crippen molar-refractivity contribution in [2.45, 2.75) is 46.3 Å². The fourth-order valence-corrected chi connectivity index (χ4v) is 2.86. The summed E-state index contributed by atoms with van der Waals surface area (Å²) in [6.07, 6.45) is 0.531. The van der Waals surface area contributed by atoms with Gasteiger partial charge in [-0.25, -0.2) is 0 Å². The fourth-order valence-electron chi connectivity index (χ4n) is 2.86. The van der Waals surface area contributed by atoms with Gasteiger partial charge in [0.2, 0.25) is 0 Å². The predicted octanol–water partition coefficient (Wildman–Crippen LogP) is 2.46. The van der Waals surface area contributed by atoms with Gasteiger partial charge in [0.05, 0.1) is 6.61 Å². The van der Waals surface area contributed by atoms with Crippen LogP contribution < -0.4 is 4.74 Å². The Kier molecular flexibility index (Phi) is 6.24. The lowest BCUT2D eigenvalue weighted by Crippen LogP contribution is -2.41. The van der Waals surface area contributed by atoms with Crippen molar-refractivity contribution >= 4 is 0 Å². The molecule has 0 aliphatic carbocycles. The number of hydrogen-bond acceptors (Lipinski definition) is 4. The van der Waals surface area contributed by atoms with Gasteiger partial charge < -0.3 is 14.6 Å². The van der Waals surface area contributed by atoms with E-state index in [1.54, 1.807) is 0 Å². The number of ether oxygens (including phenoxy) is 2. The average Bonchev–Trinajstić information content (AvgIpc) is 2.68. The molecule has 2 atom stereocenters. The number of rotatable bonds is 5. The Bertz CT molecular complexity index is 489. The molecule has 22 heavy (non-hydrogen) atoms. The molecule has 1 aromatic rings. The highest BCUT2D eigenvalue weighted by Crippen LogP contribution is 2.25. The topological polar surface area (TPSA) is 41.9 Å². The molecule has 1 aromatic carbocycles. The first-order valence-corrected chi connectivity index (χ1v) is 8.18. The maximum absolute atomic E-state index is 10.3. The van der Waals surface area contributed by atoms with E-state index in [0.717, 1.165) is 43.1 Å². The van der Waals surface area contributed by atoms with Crippen molar-refractivity contribution < 1.29 is 14.6 Å². The molecule has 4 heteroatoms. The van der Waals surface area contributed by atoms with E-state index < -0.39 is 6.10 Å². The van der Waals surface area contributed by atoms with E-state index in [0.29, 0.717) is 19.2 Å². The third-order valence-electron chi connectivity index (χ3n) is 4.57. The molecule has 1 aliphatic rings. The van der Waals surface area contributed by atoms with Crippen molar-refractivity contribution in [2.24, 2.45) is 0 Å². The zero-order chi connectivity index (χ0) is 16.1. The number of aliphatic hydroxyl groups is 1. The van der Waals surface area contributed by atoms with E-state index in [9.17, 15) is 5.11 Å². The van der Waals surface area contributed by atoms with E-state index in [1.165, 1.54) is 5.56 Å². The summed E-state index contributed by atoms with van der Waals surface area (Å²) in [5.41, 5.74) is 3.49. The van der Waals surface area contributed by atoms with Gasteiger partial charge in [-0.1, -0.05) is 12.1 Å². The van der Waals surface area contributed by atoms with Crippen LogP contribution in [0.1, 0.15) is 30.0 Å². The quantitative estimate of drug-likeness (QED) is 0.907. The second-order valence-corrected chi connectivity index (χ2v) is 6.36. The highest BCUT2D eigenvalue weighted by atomic mass is 16.5. The minimum Gasteiger partial charge on any atom is -0.490 e. The van der Waals surface area contributed by atoms with Crippen LogP contribution in [-0.4, -0.2) is 55.1 Å². The van der Waals surface area contributed by atoms with Crippen LogP contribution in [0.15, 0.2) is 12.1 Å². The zero-order valence-corrected chi connectivity index (χ0v) is 14.3. The molecule has 0 aromatic heterocycles. The number of benzene rings is 1. The summed E-state index contributed by atoms with van der Waals surface area (Å²) in [5, 5.41) is 10.3. The molecule has 1 heterocycles. The van der Waals surface area contributed by atoms with Crippen LogP contribution in [0.5, 0.6) is 5.75 Å². The van der Waals surface area contributed by atoms with Gasteiger partial charge in [0, 0.05) is 25.7 Å². The molecular weight excluding hydrogens is 278 g/mol. The van der Waals surface area contributed by atoms with Crippen LogP contribution in [0.3, 0.4) is 0 Å². The van der Waals surface area contributed by atoms with Crippen LogP contribution in [-0.2, 0) is 4.74 Å². The summed E-state index contributed by atoms with van der Waals surface area (Å²) in [6.45, 7) is 11.8. The number of aryl methyl sites for hydroxylation is 2. The van der Waals surface area contributed by atoms with Crippen molar-refractivity contribution in [2.75, 3.05) is 32.9 Å². The number of hydrogen-bond donors (Lipinski definition) is 1. The molecule has 1 N–H and O–H groups in total. The second kappa shape index (κ2) is 7.95. The van der Waals surface area contributed by atoms with Crippen molar-refractivity contribution in [3.63, 3.8) is 0 Å². The Morgan fingerprint density at radius 2 is 2.00 bits per heavy atom. The van der Waals surface area contributed by atoms with Crippen LogP contribution in [0.25, 0.3) is 0 Å². The molecule has 1 fully saturated rings. The normalized spacial score (nSPS) is 21.4. The first-order valence-electron chi connectivity index (χ1n) is 8.18. The third-order valence-corrected chi connectivity index (χ3v) is 4.57. The maximum atomic E-state index is 10.3. The summed E-state index contributed by atoms with van der Waals surface area (Å²) in [7, 11) is 0. The van der Waals surface area contributed by atoms with Crippen LogP contribution in [0, 0.1) is 20.8 Å². The second-order valence-electron chi connectivity index (χ2n) is 6.36. The van der Waals surface area contributed by atoms with Gasteiger partial charge in [-0.05, 0) is 50.8 Å². The summed E-state index contributed by atoms with van der Waals surface area (Å²) < 4.78 is 11.4. The van der Waals surface area contributed by atoms with Crippen molar-refractivity contribution in [3.05, 3.63) is 28.8 Å². The first kappa shape index (κ1) is 17.3. The molecule has 2 unspecified atom stereocenters. The molecule has 0 saturated carbocycles. The lowest BCUT2D eigenvalue weighted by molar-refractivity contribution is 0.0540. The molecule has 0 radical (unpaired) electrons. The number of β-amino-alcohol motifs (C(OH)–C–C–N with tert-alkyl or cyclic N) is 1. The SMILES string of the molecule is Cc1ccc(C)c(OCC(O)CN2CCOCCC2C)c1C. The van der Waals surface area contributed by atoms with Gasteiger partial charge in [0.25, 0.3) is 0 Å². The number of nitrogens with zero attached hydrogens (tertiary/aromatic N) is 1. The molecule has 1 saturated heterocycles. The minimum absolute atomic E-state index is 0.329. The third kappa shape index (κ3) is 4.45. The van der Waals surface area contributed by atoms with Crippen LogP contribution in [0.2, 0.25) is 0 Å². The van der Waals surface area contributed by atoms with Gasteiger partial charge in [-0.2, -0.15) is 0 Å². The van der Waals surface area contributed by atoms with E-state index in [-0.39, 0.29) is 0 Å². The molecule has 0 spiro atoms. The van der Waals surface area contributed by atoms with E-state index in [1.807, 2.05) is 6.92 Å². The molecule has 1 aliphatic heterocycles. The summed E-state index contributed by atoms with van der Waals surface area (Å²) >= 11 is 0. The molecule has 0 amide bonds. The van der Waals surface area contributed by atoms with Crippen LogP contribution in [0.4, 0.5) is 0 Å². The van der Waals surface area contributed by atoms with Gasteiger partial charge in [0.1, 0.15) is 18.5 Å². The van der Waals surface area contributed by atoms with Crippen molar-refractivity contribution in [3.8, 4) is 5.75 Å².